The summed E-state index contributed by atoms with van der Waals surface area (Å²) < 4.78 is 0. The van der Waals surface area contributed by atoms with Gasteiger partial charge < -0.3 is 15.2 Å². The van der Waals surface area contributed by atoms with Crippen LogP contribution < -0.4 is 15.8 Å². The first-order chi connectivity index (χ1) is 9.65. The van der Waals surface area contributed by atoms with Gasteiger partial charge in [0.05, 0.1) is 0 Å². The number of nitrogens with one attached hydrogen (secondary N) is 2. The van der Waals surface area contributed by atoms with Gasteiger partial charge in [-0.15, -0.1) is 0 Å². The van der Waals surface area contributed by atoms with Gasteiger partial charge in [-0.1, -0.05) is 6.92 Å². The standard InChI is InChI=1S/C15H24N4O/c1-3-6-19(14-9-15(20)17-10(2)16-14)13-7-11-4-5-12(8-13)18-11/h9,11-13,18H,3-8H2,1-2H3,(H,16,17,20). The van der Waals surface area contributed by atoms with E-state index in [1.165, 1.54) is 25.7 Å². The molecule has 2 fully saturated rings. The van der Waals surface area contributed by atoms with Gasteiger partial charge in [0.25, 0.3) is 5.56 Å². The summed E-state index contributed by atoms with van der Waals surface area (Å²) in [5.41, 5.74) is -0.0505. The van der Waals surface area contributed by atoms with Crippen molar-refractivity contribution in [3.05, 3.63) is 22.2 Å². The highest BCUT2D eigenvalue weighted by molar-refractivity contribution is 5.39. The summed E-state index contributed by atoms with van der Waals surface area (Å²) in [5.74, 6) is 1.55. The number of aromatic amines is 1. The molecule has 0 spiro atoms. The first kappa shape index (κ1) is 13.6. The van der Waals surface area contributed by atoms with Crippen LogP contribution in [0.3, 0.4) is 0 Å². The maximum atomic E-state index is 11.7. The topological polar surface area (TPSA) is 61.0 Å². The summed E-state index contributed by atoms with van der Waals surface area (Å²) in [6.45, 7) is 5.00. The van der Waals surface area contributed by atoms with E-state index in [9.17, 15) is 4.79 Å². The molecule has 0 saturated carbocycles. The fraction of sp³-hybridized carbons (Fsp3) is 0.733. The molecule has 2 unspecified atom stereocenters. The lowest BCUT2D eigenvalue weighted by atomic mass is 9.98. The van der Waals surface area contributed by atoms with Gasteiger partial charge in [-0.25, -0.2) is 4.98 Å². The number of piperidine rings is 1. The van der Waals surface area contributed by atoms with Gasteiger partial charge in [0.2, 0.25) is 0 Å². The number of hydrogen-bond acceptors (Lipinski definition) is 4. The van der Waals surface area contributed by atoms with Gasteiger partial charge in [0.15, 0.2) is 0 Å². The lowest BCUT2D eigenvalue weighted by Crippen LogP contribution is -2.49. The molecule has 1 aromatic rings. The number of anilines is 1. The van der Waals surface area contributed by atoms with Crippen molar-refractivity contribution in [2.45, 2.75) is 64.1 Å². The van der Waals surface area contributed by atoms with Crippen molar-refractivity contribution in [2.75, 3.05) is 11.4 Å². The highest BCUT2D eigenvalue weighted by Crippen LogP contribution is 2.31. The number of fused-ring (bicyclic) bond motifs is 2. The summed E-state index contributed by atoms with van der Waals surface area (Å²) in [7, 11) is 0. The molecule has 5 nitrogen and oxygen atoms in total. The van der Waals surface area contributed by atoms with E-state index in [1.54, 1.807) is 6.07 Å². The van der Waals surface area contributed by atoms with E-state index in [0.717, 1.165) is 18.8 Å². The summed E-state index contributed by atoms with van der Waals surface area (Å²) in [5, 5.41) is 3.68. The molecule has 0 radical (unpaired) electrons. The van der Waals surface area contributed by atoms with Gasteiger partial charge in [0.1, 0.15) is 11.6 Å². The minimum atomic E-state index is -0.0505. The quantitative estimate of drug-likeness (QED) is 0.876. The molecule has 2 aliphatic rings. The highest BCUT2D eigenvalue weighted by Gasteiger charge is 2.36. The largest absolute Gasteiger partial charge is 0.353 e. The second-order valence-electron chi connectivity index (χ2n) is 6.15. The van der Waals surface area contributed by atoms with Gasteiger partial charge in [-0.3, -0.25) is 4.79 Å². The Morgan fingerprint density at radius 3 is 2.65 bits per heavy atom. The van der Waals surface area contributed by atoms with E-state index in [2.05, 4.69) is 27.1 Å². The molecule has 2 atom stereocenters. The van der Waals surface area contributed by atoms with E-state index < -0.39 is 0 Å². The summed E-state index contributed by atoms with van der Waals surface area (Å²) >= 11 is 0. The summed E-state index contributed by atoms with van der Waals surface area (Å²) in [4.78, 5) is 21.3. The summed E-state index contributed by atoms with van der Waals surface area (Å²) in [6, 6.07) is 3.47. The number of aryl methyl sites for hydroxylation is 1. The Labute approximate surface area is 119 Å². The molecule has 1 aromatic heterocycles. The second kappa shape index (κ2) is 5.56. The Bertz CT molecular complexity index is 515. The van der Waals surface area contributed by atoms with Crippen molar-refractivity contribution in [1.82, 2.24) is 15.3 Å². The lowest BCUT2D eigenvalue weighted by Gasteiger charge is -2.38. The minimum Gasteiger partial charge on any atom is -0.353 e. The van der Waals surface area contributed by atoms with Crippen LogP contribution in [0.15, 0.2) is 10.9 Å². The Hall–Kier alpha value is -1.36. The Morgan fingerprint density at radius 1 is 1.35 bits per heavy atom. The minimum absolute atomic E-state index is 0.0505. The molecule has 0 aromatic carbocycles. The van der Waals surface area contributed by atoms with Crippen LogP contribution in [0.4, 0.5) is 5.82 Å². The van der Waals surface area contributed by atoms with Crippen molar-refractivity contribution in [1.29, 1.82) is 0 Å². The van der Waals surface area contributed by atoms with E-state index in [0.29, 0.717) is 23.9 Å². The fourth-order valence-electron chi connectivity index (χ4n) is 3.72. The first-order valence-corrected chi connectivity index (χ1v) is 7.76. The Kier molecular flexibility index (Phi) is 3.78. The zero-order chi connectivity index (χ0) is 14.1. The predicted molar refractivity (Wildman–Crippen MR) is 80.2 cm³/mol. The lowest BCUT2D eigenvalue weighted by molar-refractivity contribution is 0.345. The Balaban J connectivity index is 1.86. The molecule has 110 valence electrons. The molecule has 2 N–H and O–H groups in total. The number of H-pyrrole nitrogens is 1. The van der Waals surface area contributed by atoms with Crippen molar-refractivity contribution >= 4 is 5.82 Å². The summed E-state index contributed by atoms with van der Waals surface area (Å²) in [6.07, 6.45) is 6.01. The maximum absolute atomic E-state index is 11.7. The molecular formula is C15H24N4O. The zero-order valence-electron chi connectivity index (χ0n) is 12.4. The van der Waals surface area contributed by atoms with E-state index in [1.807, 2.05) is 6.92 Å². The van der Waals surface area contributed by atoms with Crippen LogP contribution in [0, 0.1) is 6.92 Å². The average Bonchev–Trinajstić information content (AvgIpc) is 2.73. The monoisotopic (exact) mass is 276 g/mol. The van der Waals surface area contributed by atoms with Crippen LogP contribution in [-0.2, 0) is 0 Å². The number of rotatable bonds is 4. The molecule has 2 bridgehead atoms. The van der Waals surface area contributed by atoms with Crippen molar-refractivity contribution in [3.8, 4) is 0 Å². The molecular weight excluding hydrogens is 252 g/mol. The average molecular weight is 276 g/mol. The number of nitrogens with zero attached hydrogens (tertiary/aromatic N) is 2. The Morgan fingerprint density at radius 2 is 2.05 bits per heavy atom. The van der Waals surface area contributed by atoms with Crippen LogP contribution in [0.5, 0.6) is 0 Å². The SMILES string of the molecule is CCCN(c1cc(=O)[nH]c(C)n1)C1CC2CCC(C1)N2. The smallest absolute Gasteiger partial charge is 0.252 e. The molecule has 0 aliphatic carbocycles. The van der Waals surface area contributed by atoms with Gasteiger partial charge >= 0.3 is 0 Å². The zero-order valence-corrected chi connectivity index (χ0v) is 12.4. The molecule has 2 aliphatic heterocycles. The third-order valence-electron chi connectivity index (χ3n) is 4.49. The third kappa shape index (κ3) is 2.73. The predicted octanol–water partition coefficient (Wildman–Crippen LogP) is 1.58. The normalized spacial score (nSPS) is 28.6. The van der Waals surface area contributed by atoms with E-state index in [4.69, 9.17) is 0 Å². The molecule has 20 heavy (non-hydrogen) atoms. The van der Waals surface area contributed by atoms with Crippen molar-refractivity contribution in [3.63, 3.8) is 0 Å². The van der Waals surface area contributed by atoms with Crippen LogP contribution in [0.25, 0.3) is 0 Å². The third-order valence-corrected chi connectivity index (χ3v) is 4.49. The highest BCUT2D eigenvalue weighted by atomic mass is 16.1. The number of aromatic nitrogens is 2. The fourth-order valence-corrected chi connectivity index (χ4v) is 3.72. The van der Waals surface area contributed by atoms with Crippen molar-refractivity contribution in [2.24, 2.45) is 0 Å². The molecule has 0 amide bonds. The van der Waals surface area contributed by atoms with Gasteiger partial charge in [-0.05, 0) is 39.0 Å². The van der Waals surface area contributed by atoms with Crippen LogP contribution in [0.2, 0.25) is 0 Å². The molecule has 3 heterocycles. The van der Waals surface area contributed by atoms with Crippen LogP contribution in [0.1, 0.15) is 44.9 Å². The van der Waals surface area contributed by atoms with Gasteiger partial charge in [0, 0.05) is 30.7 Å². The molecule has 3 rings (SSSR count). The van der Waals surface area contributed by atoms with Crippen LogP contribution in [-0.4, -0.2) is 34.6 Å². The molecule has 2 saturated heterocycles. The van der Waals surface area contributed by atoms with Crippen LogP contribution >= 0.6 is 0 Å². The van der Waals surface area contributed by atoms with Crippen molar-refractivity contribution < 1.29 is 0 Å². The van der Waals surface area contributed by atoms with E-state index in [-0.39, 0.29) is 5.56 Å². The van der Waals surface area contributed by atoms with E-state index >= 15 is 0 Å². The maximum Gasteiger partial charge on any atom is 0.252 e. The molecule has 5 heteroatoms. The first-order valence-electron chi connectivity index (χ1n) is 7.76. The number of hydrogen-bond donors (Lipinski definition) is 2. The van der Waals surface area contributed by atoms with Gasteiger partial charge in [-0.2, -0.15) is 0 Å². The second-order valence-corrected chi connectivity index (χ2v) is 6.15.